The Morgan fingerprint density at radius 1 is 1.62 bits per heavy atom. The summed E-state index contributed by atoms with van der Waals surface area (Å²) in [7, 11) is 3.69. The van der Waals surface area contributed by atoms with Gasteiger partial charge in [-0.2, -0.15) is 0 Å². The van der Waals surface area contributed by atoms with Crippen LogP contribution in [0.4, 0.5) is 0 Å². The molecule has 75 valence electrons. The Hall–Kier alpha value is -0.610. The van der Waals surface area contributed by atoms with Crippen LogP contribution in [0.1, 0.15) is 13.3 Å². The molecule has 4 heteroatoms. The second-order valence-electron chi connectivity index (χ2n) is 3.83. The van der Waals surface area contributed by atoms with E-state index in [4.69, 9.17) is 0 Å². The normalized spacial score (nSPS) is 31.0. The van der Waals surface area contributed by atoms with Gasteiger partial charge in [-0.05, 0) is 26.9 Å². The molecule has 0 saturated carbocycles. The second kappa shape index (κ2) is 4.07. The molecule has 1 heterocycles. The smallest absolute Gasteiger partial charge is 0.242 e. The number of amides is 1. The molecule has 1 unspecified atom stereocenters. The number of nitrogens with one attached hydrogen (secondary N) is 1. The highest BCUT2D eigenvalue weighted by molar-refractivity contribution is 5.85. The van der Waals surface area contributed by atoms with Gasteiger partial charge in [0.15, 0.2) is 0 Å². The summed E-state index contributed by atoms with van der Waals surface area (Å²) in [6, 6.07) is 0. The van der Waals surface area contributed by atoms with Crippen molar-refractivity contribution < 1.29 is 4.79 Å². The van der Waals surface area contributed by atoms with Crippen LogP contribution in [0.15, 0.2) is 0 Å². The maximum Gasteiger partial charge on any atom is 0.242 e. The van der Waals surface area contributed by atoms with Crippen molar-refractivity contribution in [3.05, 3.63) is 0 Å². The Kier molecular flexibility index (Phi) is 3.27. The standard InChI is InChI=1S/C9H18N3O/c1-9(8(13)10-2)7-12(3)6-4-5-11-9/h4-7H2,1-3H3,(H,10,13). The van der Waals surface area contributed by atoms with E-state index in [0.717, 1.165) is 19.5 Å². The highest BCUT2D eigenvalue weighted by atomic mass is 16.2. The fraction of sp³-hybridized carbons (Fsp3) is 0.889. The molecule has 1 atom stereocenters. The Bertz CT molecular complexity index is 195. The zero-order valence-corrected chi connectivity index (χ0v) is 8.63. The van der Waals surface area contributed by atoms with Crippen molar-refractivity contribution in [1.82, 2.24) is 15.5 Å². The van der Waals surface area contributed by atoms with Gasteiger partial charge in [-0.15, -0.1) is 0 Å². The van der Waals surface area contributed by atoms with E-state index in [1.54, 1.807) is 7.05 Å². The first-order valence-corrected chi connectivity index (χ1v) is 4.68. The van der Waals surface area contributed by atoms with E-state index >= 15 is 0 Å². The van der Waals surface area contributed by atoms with Crippen molar-refractivity contribution in [2.24, 2.45) is 0 Å². The molecule has 1 rings (SSSR count). The van der Waals surface area contributed by atoms with Crippen LogP contribution in [0.2, 0.25) is 0 Å². The maximum atomic E-state index is 11.6. The van der Waals surface area contributed by atoms with Gasteiger partial charge in [0.05, 0.1) is 0 Å². The lowest BCUT2D eigenvalue weighted by molar-refractivity contribution is -0.127. The number of hydrogen-bond acceptors (Lipinski definition) is 2. The molecular weight excluding hydrogens is 166 g/mol. The molecule has 1 radical (unpaired) electrons. The van der Waals surface area contributed by atoms with Crippen LogP contribution in [-0.2, 0) is 4.79 Å². The largest absolute Gasteiger partial charge is 0.357 e. The van der Waals surface area contributed by atoms with E-state index in [-0.39, 0.29) is 5.91 Å². The maximum absolute atomic E-state index is 11.6. The van der Waals surface area contributed by atoms with Gasteiger partial charge in [-0.3, -0.25) is 4.79 Å². The number of nitrogens with zero attached hydrogens (tertiary/aromatic N) is 2. The third-order valence-corrected chi connectivity index (χ3v) is 2.45. The van der Waals surface area contributed by atoms with Crippen LogP contribution >= 0.6 is 0 Å². The average Bonchev–Trinajstić information content (AvgIpc) is 2.26. The predicted molar refractivity (Wildman–Crippen MR) is 51.6 cm³/mol. The summed E-state index contributed by atoms with van der Waals surface area (Å²) in [6.45, 7) is 4.42. The lowest BCUT2D eigenvalue weighted by Crippen LogP contribution is -2.55. The molecule has 1 saturated heterocycles. The zero-order valence-electron chi connectivity index (χ0n) is 8.63. The lowest BCUT2D eigenvalue weighted by Gasteiger charge is -2.28. The van der Waals surface area contributed by atoms with Crippen molar-refractivity contribution in [2.45, 2.75) is 18.9 Å². The fourth-order valence-corrected chi connectivity index (χ4v) is 1.73. The van der Waals surface area contributed by atoms with Gasteiger partial charge in [-0.25, -0.2) is 5.32 Å². The third-order valence-electron chi connectivity index (χ3n) is 2.45. The van der Waals surface area contributed by atoms with Crippen molar-refractivity contribution in [2.75, 3.05) is 33.7 Å². The topological polar surface area (TPSA) is 46.4 Å². The Morgan fingerprint density at radius 3 is 2.92 bits per heavy atom. The minimum atomic E-state index is -0.556. The fourth-order valence-electron chi connectivity index (χ4n) is 1.73. The molecule has 1 fully saturated rings. The van der Waals surface area contributed by atoms with Crippen LogP contribution in [0.5, 0.6) is 0 Å². The summed E-state index contributed by atoms with van der Waals surface area (Å²) in [6.07, 6.45) is 1.04. The average molecular weight is 184 g/mol. The molecule has 4 nitrogen and oxygen atoms in total. The summed E-state index contributed by atoms with van der Waals surface area (Å²) in [4.78, 5) is 13.7. The molecule has 0 aliphatic carbocycles. The molecular formula is C9H18N3O. The molecule has 0 aromatic rings. The van der Waals surface area contributed by atoms with Gasteiger partial charge in [0, 0.05) is 20.1 Å². The minimum absolute atomic E-state index is 0.0150. The summed E-state index contributed by atoms with van der Waals surface area (Å²) in [5, 5.41) is 7.09. The molecule has 0 aromatic heterocycles. The van der Waals surface area contributed by atoms with Crippen LogP contribution < -0.4 is 10.6 Å². The molecule has 0 aromatic carbocycles. The summed E-state index contributed by atoms with van der Waals surface area (Å²) in [5.74, 6) is 0.0150. The molecule has 0 bridgehead atoms. The molecule has 1 aliphatic heterocycles. The van der Waals surface area contributed by atoms with Gasteiger partial charge < -0.3 is 10.2 Å². The first-order chi connectivity index (χ1) is 6.08. The van der Waals surface area contributed by atoms with Gasteiger partial charge in [0.25, 0.3) is 0 Å². The quantitative estimate of drug-likeness (QED) is 0.593. The van der Waals surface area contributed by atoms with E-state index in [2.05, 4.69) is 15.5 Å². The summed E-state index contributed by atoms with van der Waals surface area (Å²) in [5.41, 5.74) is -0.556. The first-order valence-electron chi connectivity index (χ1n) is 4.68. The van der Waals surface area contributed by atoms with E-state index in [1.807, 2.05) is 14.0 Å². The summed E-state index contributed by atoms with van der Waals surface area (Å²) >= 11 is 0. The highest BCUT2D eigenvalue weighted by Crippen LogP contribution is 2.11. The van der Waals surface area contributed by atoms with Crippen molar-refractivity contribution in [3.63, 3.8) is 0 Å². The van der Waals surface area contributed by atoms with Gasteiger partial charge in [0.2, 0.25) is 5.91 Å². The van der Waals surface area contributed by atoms with E-state index in [9.17, 15) is 4.79 Å². The zero-order chi connectivity index (χ0) is 9.90. The van der Waals surface area contributed by atoms with Gasteiger partial charge in [-0.1, -0.05) is 0 Å². The van der Waals surface area contributed by atoms with Crippen molar-refractivity contribution in [3.8, 4) is 0 Å². The molecule has 1 aliphatic rings. The lowest BCUT2D eigenvalue weighted by atomic mass is 10.0. The van der Waals surface area contributed by atoms with E-state index < -0.39 is 5.54 Å². The SMILES string of the molecule is CNC(=O)C1(C)CN(C)CCC[N]1. The van der Waals surface area contributed by atoms with Crippen LogP contribution in [-0.4, -0.2) is 50.1 Å². The number of carbonyl (C=O) groups excluding carboxylic acids is 1. The Balaban J connectivity index is 2.68. The predicted octanol–water partition coefficient (Wildman–Crippen LogP) is -0.569. The second-order valence-corrected chi connectivity index (χ2v) is 3.83. The first kappa shape index (κ1) is 10.5. The minimum Gasteiger partial charge on any atom is -0.357 e. The van der Waals surface area contributed by atoms with Crippen LogP contribution in [0.25, 0.3) is 0 Å². The number of rotatable bonds is 1. The Morgan fingerprint density at radius 2 is 2.31 bits per heavy atom. The molecule has 13 heavy (non-hydrogen) atoms. The van der Waals surface area contributed by atoms with Gasteiger partial charge >= 0.3 is 0 Å². The number of hydrogen-bond donors (Lipinski definition) is 1. The number of likely N-dealkylation sites (N-methyl/N-ethyl adjacent to an activating group) is 2. The molecule has 1 N–H and O–H groups in total. The van der Waals surface area contributed by atoms with Crippen molar-refractivity contribution >= 4 is 5.91 Å². The highest BCUT2D eigenvalue weighted by Gasteiger charge is 2.35. The Labute approximate surface area is 79.7 Å². The molecule has 1 amide bonds. The van der Waals surface area contributed by atoms with Gasteiger partial charge in [0.1, 0.15) is 5.54 Å². The van der Waals surface area contributed by atoms with E-state index in [0.29, 0.717) is 6.54 Å². The number of carbonyl (C=O) groups is 1. The van der Waals surface area contributed by atoms with Crippen LogP contribution in [0, 0.1) is 0 Å². The summed E-state index contributed by atoms with van der Waals surface area (Å²) < 4.78 is 0. The monoisotopic (exact) mass is 184 g/mol. The third kappa shape index (κ3) is 2.42. The van der Waals surface area contributed by atoms with Crippen LogP contribution in [0.3, 0.4) is 0 Å². The molecule has 0 spiro atoms. The van der Waals surface area contributed by atoms with Crippen molar-refractivity contribution in [1.29, 1.82) is 0 Å². The van der Waals surface area contributed by atoms with E-state index in [1.165, 1.54) is 0 Å².